The zero-order valence-corrected chi connectivity index (χ0v) is 16.3. The number of rotatable bonds is 2. The van der Waals surface area contributed by atoms with Crippen molar-refractivity contribution in [2.75, 3.05) is 20.7 Å². The number of halogens is 1. The lowest BCUT2D eigenvalue weighted by atomic mass is 10.0. The molecule has 1 unspecified atom stereocenters. The largest absolute Gasteiger partial charge is 0.491 e. The Labute approximate surface area is 160 Å². The van der Waals surface area contributed by atoms with Crippen LogP contribution in [-0.2, 0) is 0 Å². The van der Waals surface area contributed by atoms with Gasteiger partial charge in [0, 0.05) is 11.6 Å². The van der Waals surface area contributed by atoms with Gasteiger partial charge >= 0.3 is 0 Å². The molecular formula is C19H20FN3O3S. The molecule has 142 valence electrons. The number of hydrogen-bond donors (Lipinski definition) is 2. The van der Waals surface area contributed by atoms with E-state index in [4.69, 9.17) is 10.5 Å². The predicted molar refractivity (Wildman–Crippen MR) is 101 cm³/mol. The van der Waals surface area contributed by atoms with E-state index in [1.165, 1.54) is 37.3 Å². The molecule has 3 rings (SSSR count). The number of benzene rings is 1. The van der Waals surface area contributed by atoms with Crippen LogP contribution in [0.4, 0.5) is 4.39 Å². The number of fused-ring (bicyclic) bond motifs is 3. The van der Waals surface area contributed by atoms with Crippen molar-refractivity contribution in [1.82, 2.24) is 9.88 Å². The van der Waals surface area contributed by atoms with Gasteiger partial charge in [-0.15, -0.1) is 11.3 Å². The smallest absolute Gasteiger partial charge is 0.277 e. The monoisotopic (exact) mass is 389 g/mol. The summed E-state index contributed by atoms with van der Waals surface area (Å²) in [6.45, 7) is 3.31. The Balaban J connectivity index is 2.21. The van der Waals surface area contributed by atoms with Crippen molar-refractivity contribution in [3.05, 3.63) is 33.4 Å². The van der Waals surface area contributed by atoms with Gasteiger partial charge in [0.15, 0.2) is 5.01 Å². The molecule has 8 heteroatoms. The molecule has 1 aliphatic rings. The average molecular weight is 389 g/mol. The fraction of sp³-hybridized carbons (Fsp3) is 0.368. The van der Waals surface area contributed by atoms with Crippen LogP contribution in [0.5, 0.6) is 5.75 Å². The second-order valence-corrected chi connectivity index (χ2v) is 8.05. The van der Waals surface area contributed by atoms with E-state index >= 15 is 0 Å². The van der Waals surface area contributed by atoms with Gasteiger partial charge in [-0.25, -0.2) is 9.37 Å². The predicted octanol–water partition coefficient (Wildman–Crippen LogP) is 2.17. The molecule has 1 aromatic carbocycles. The molecule has 0 bridgehead atoms. The van der Waals surface area contributed by atoms with Crippen molar-refractivity contribution in [2.24, 2.45) is 5.73 Å². The van der Waals surface area contributed by atoms with Gasteiger partial charge in [-0.1, -0.05) is 11.8 Å². The minimum Gasteiger partial charge on any atom is -0.491 e. The summed E-state index contributed by atoms with van der Waals surface area (Å²) in [7, 11) is 3.77. The summed E-state index contributed by atoms with van der Waals surface area (Å²) in [5.41, 5.74) is 5.34. The zero-order valence-electron chi connectivity index (χ0n) is 15.5. The van der Waals surface area contributed by atoms with Crippen LogP contribution in [0.3, 0.4) is 0 Å². The van der Waals surface area contributed by atoms with Crippen molar-refractivity contribution < 1.29 is 19.0 Å². The Morgan fingerprint density at radius 3 is 2.78 bits per heavy atom. The summed E-state index contributed by atoms with van der Waals surface area (Å²) in [6.07, 6.45) is 0. The fourth-order valence-corrected chi connectivity index (χ4v) is 3.77. The molecule has 0 aliphatic carbocycles. The van der Waals surface area contributed by atoms with Crippen molar-refractivity contribution in [3.63, 3.8) is 0 Å². The number of aliphatic hydroxyl groups is 1. The molecule has 3 N–H and O–H groups in total. The normalized spacial score (nSPS) is 15.9. The number of aromatic nitrogens is 1. The van der Waals surface area contributed by atoms with Crippen molar-refractivity contribution in [2.45, 2.75) is 25.5 Å². The van der Waals surface area contributed by atoms with Crippen LogP contribution < -0.4 is 10.5 Å². The van der Waals surface area contributed by atoms with Gasteiger partial charge in [0.05, 0.1) is 22.2 Å². The highest BCUT2D eigenvalue weighted by molar-refractivity contribution is 7.14. The lowest BCUT2D eigenvalue weighted by Gasteiger charge is -2.21. The second kappa shape index (κ2) is 6.93. The number of hydrogen-bond acceptors (Lipinski definition) is 6. The molecule has 1 amide bonds. The molecule has 0 saturated carbocycles. The average Bonchev–Trinajstić information content (AvgIpc) is 2.92. The summed E-state index contributed by atoms with van der Waals surface area (Å²) < 4.78 is 20.3. The van der Waals surface area contributed by atoms with Crippen LogP contribution >= 0.6 is 11.3 Å². The highest BCUT2D eigenvalue weighted by Gasteiger charge is 2.30. The van der Waals surface area contributed by atoms with Crippen LogP contribution in [0, 0.1) is 17.7 Å². The van der Waals surface area contributed by atoms with Gasteiger partial charge in [0.25, 0.3) is 5.91 Å². The zero-order chi connectivity index (χ0) is 19.9. The van der Waals surface area contributed by atoms with Crippen LogP contribution in [0.15, 0.2) is 12.1 Å². The first-order chi connectivity index (χ1) is 12.6. The van der Waals surface area contributed by atoms with Crippen LogP contribution in [0.2, 0.25) is 0 Å². The molecule has 1 aromatic heterocycles. The van der Waals surface area contributed by atoms with E-state index in [2.05, 4.69) is 16.8 Å². The van der Waals surface area contributed by atoms with E-state index in [1.807, 2.05) is 19.0 Å². The van der Waals surface area contributed by atoms with E-state index in [0.29, 0.717) is 17.0 Å². The molecular weight excluding hydrogens is 369 g/mol. The van der Waals surface area contributed by atoms with Gasteiger partial charge < -0.3 is 15.6 Å². The fourth-order valence-electron chi connectivity index (χ4n) is 2.66. The van der Waals surface area contributed by atoms with Crippen LogP contribution in [-0.4, -0.2) is 47.2 Å². The quantitative estimate of drug-likeness (QED) is 0.769. The summed E-state index contributed by atoms with van der Waals surface area (Å²) in [4.78, 5) is 18.8. The lowest BCUT2D eigenvalue weighted by Crippen LogP contribution is -2.24. The molecule has 0 spiro atoms. The third-order valence-corrected chi connectivity index (χ3v) is 5.19. The van der Waals surface area contributed by atoms with E-state index in [9.17, 15) is 14.3 Å². The number of primary amides is 1. The standard InChI is InChI=1S/C19H20FN3O3S/c1-19(2,25)6-5-10-7-11-14(8-12(10)20)26-9-13(23(3)4)16-15(11)22-18(27-16)17(21)24/h7-8,13,25H,9H2,1-4H3,(H2,21,24). The van der Waals surface area contributed by atoms with Crippen molar-refractivity contribution >= 4 is 17.2 Å². The Bertz CT molecular complexity index is 967. The van der Waals surface area contributed by atoms with Crippen LogP contribution in [0.25, 0.3) is 11.3 Å². The number of ether oxygens (including phenoxy) is 1. The van der Waals surface area contributed by atoms with E-state index < -0.39 is 17.3 Å². The Morgan fingerprint density at radius 2 is 2.19 bits per heavy atom. The van der Waals surface area contributed by atoms with Gasteiger partial charge in [0.1, 0.15) is 23.8 Å². The molecule has 27 heavy (non-hydrogen) atoms. The maximum absolute atomic E-state index is 14.5. The number of nitrogens with two attached hydrogens (primary N) is 1. The number of likely N-dealkylation sites (N-methyl/N-ethyl adjacent to an activating group) is 1. The summed E-state index contributed by atoms with van der Waals surface area (Å²) in [5, 5.41) is 9.97. The van der Waals surface area contributed by atoms with Gasteiger partial charge in [-0.05, 0) is 34.0 Å². The minimum absolute atomic E-state index is 0.113. The number of amides is 1. The molecule has 0 radical (unpaired) electrons. The first-order valence-corrected chi connectivity index (χ1v) is 9.07. The highest BCUT2D eigenvalue weighted by Crippen LogP contribution is 2.43. The first kappa shape index (κ1) is 19.3. The molecule has 2 heterocycles. The molecule has 1 atom stereocenters. The lowest BCUT2D eigenvalue weighted by molar-refractivity contribution is 0.1000. The number of nitrogens with zero attached hydrogens (tertiary/aromatic N) is 2. The number of thiazole rings is 1. The summed E-state index contributed by atoms with van der Waals surface area (Å²) in [5.74, 6) is 4.42. The SMILES string of the molecule is CN(C)C1COc2cc(F)c(C#CC(C)(C)O)cc2-c2nc(C(N)=O)sc21. The minimum atomic E-state index is -1.25. The highest BCUT2D eigenvalue weighted by atomic mass is 32.1. The summed E-state index contributed by atoms with van der Waals surface area (Å²) in [6, 6.07) is 2.63. The molecule has 2 aromatic rings. The molecule has 0 fully saturated rings. The Hall–Kier alpha value is -2.47. The van der Waals surface area contributed by atoms with E-state index in [1.54, 1.807) is 0 Å². The third kappa shape index (κ3) is 3.95. The maximum Gasteiger partial charge on any atom is 0.277 e. The maximum atomic E-state index is 14.5. The Kier molecular flexibility index (Phi) is 4.95. The van der Waals surface area contributed by atoms with Crippen molar-refractivity contribution in [3.8, 4) is 28.8 Å². The van der Waals surface area contributed by atoms with Crippen molar-refractivity contribution in [1.29, 1.82) is 0 Å². The van der Waals surface area contributed by atoms with E-state index in [-0.39, 0.29) is 23.2 Å². The summed E-state index contributed by atoms with van der Waals surface area (Å²) >= 11 is 1.21. The number of carbonyl (C=O) groups excluding carboxylic acids is 1. The van der Waals surface area contributed by atoms with Gasteiger partial charge in [-0.3, -0.25) is 9.69 Å². The molecule has 0 saturated heterocycles. The third-order valence-electron chi connectivity index (χ3n) is 4.01. The molecule has 6 nitrogen and oxygen atoms in total. The van der Waals surface area contributed by atoms with Crippen LogP contribution in [0.1, 0.15) is 40.1 Å². The van der Waals surface area contributed by atoms with Gasteiger partial charge in [0.2, 0.25) is 0 Å². The number of carbonyl (C=O) groups is 1. The topological polar surface area (TPSA) is 88.7 Å². The van der Waals surface area contributed by atoms with E-state index in [0.717, 1.165) is 4.88 Å². The molecule has 1 aliphatic heterocycles. The van der Waals surface area contributed by atoms with Gasteiger partial charge in [-0.2, -0.15) is 0 Å². The first-order valence-electron chi connectivity index (χ1n) is 8.26. The Morgan fingerprint density at radius 1 is 1.48 bits per heavy atom. The second-order valence-electron chi connectivity index (χ2n) is 7.02.